The van der Waals surface area contributed by atoms with Gasteiger partial charge in [0.05, 0.1) is 24.5 Å². The zero-order valence-electron chi connectivity index (χ0n) is 16.3. The largest absolute Gasteiger partial charge is 0.394 e. The summed E-state index contributed by atoms with van der Waals surface area (Å²) in [5, 5.41) is 12.5. The molecule has 1 amide bonds. The van der Waals surface area contributed by atoms with Crippen LogP contribution in [0, 0.1) is 6.92 Å². The maximum absolute atomic E-state index is 12.7. The van der Waals surface area contributed by atoms with E-state index < -0.39 is 6.04 Å². The van der Waals surface area contributed by atoms with E-state index in [0.29, 0.717) is 22.9 Å². The lowest BCUT2D eigenvalue weighted by Gasteiger charge is -2.16. The maximum atomic E-state index is 12.7. The molecule has 0 aliphatic carbocycles. The van der Waals surface area contributed by atoms with E-state index in [-0.39, 0.29) is 12.5 Å². The van der Waals surface area contributed by atoms with Crippen molar-refractivity contribution in [2.24, 2.45) is 0 Å². The third kappa shape index (κ3) is 4.08. The van der Waals surface area contributed by atoms with E-state index >= 15 is 0 Å². The van der Waals surface area contributed by atoms with E-state index in [2.05, 4.69) is 30.2 Å². The van der Waals surface area contributed by atoms with E-state index in [1.807, 2.05) is 37.3 Å². The smallest absolute Gasteiger partial charge is 0.268 e. The van der Waals surface area contributed by atoms with Gasteiger partial charge in [-0.1, -0.05) is 30.3 Å². The number of aromatic nitrogens is 5. The first kappa shape index (κ1) is 19.4. The first-order valence-corrected chi connectivity index (χ1v) is 9.41. The molecule has 30 heavy (non-hydrogen) atoms. The van der Waals surface area contributed by atoms with Crippen LogP contribution in [0.25, 0.3) is 22.8 Å². The molecule has 3 N–H and O–H groups in total. The third-order valence-corrected chi connectivity index (χ3v) is 4.65. The Morgan fingerprint density at radius 1 is 1.17 bits per heavy atom. The summed E-state index contributed by atoms with van der Waals surface area (Å²) < 4.78 is 0. The normalized spacial score (nSPS) is 11.8. The number of H-pyrrole nitrogens is 1. The summed E-state index contributed by atoms with van der Waals surface area (Å²) in [4.78, 5) is 32.9. The molecule has 1 atom stereocenters. The average Bonchev–Trinajstić information content (AvgIpc) is 3.29. The number of aromatic amines is 1. The molecular formula is C22H20N6O2. The van der Waals surface area contributed by atoms with Crippen LogP contribution in [0.15, 0.2) is 67.4 Å². The molecule has 3 heterocycles. The molecule has 0 aliphatic heterocycles. The van der Waals surface area contributed by atoms with Gasteiger partial charge in [0.1, 0.15) is 11.4 Å². The average molecular weight is 400 g/mol. The van der Waals surface area contributed by atoms with E-state index in [1.54, 1.807) is 37.1 Å². The van der Waals surface area contributed by atoms with Crippen molar-refractivity contribution in [1.29, 1.82) is 0 Å². The highest BCUT2D eigenvalue weighted by Gasteiger charge is 2.18. The lowest BCUT2D eigenvalue weighted by molar-refractivity contribution is 0.0912. The predicted molar refractivity (Wildman–Crippen MR) is 111 cm³/mol. The molecule has 0 aliphatic rings. The molecule has 8 heteroatoms. The van der Waals surface area contributed by atoms with E-state index in [4.69, 9.17) is 0 Å². The van der Waals surface area contributed by atoms with Crippen molar-refractivity contribution in [3.8, 4) is 22.8 Å². The van der Waals surface area contributed by atoms with E-state index in [0.717, 1.165) is 16.7 Å². The van der Waals surface area contributed by atoms with Gasteiger partial charge < -0.3 is 15.4 Å². The first-order chi connectivity index (χ1) is 14.7. The Labute approximate surface area is 173 Å². The van der Waals surface area contributed by atoms with Crippen molar-refractivity contribution < 1.29 is 9.90 Å². The van der Waals surface area contributed by atoms with E-state index in [1.165, 1.54) is 0 Å². The Hall–Kier alpha value is -3.91. The van der Waals surface area contributed by atoms with Gasteiger partial charge >= 0.3 is 0 Å². The molecule has 0 bridgehead atoms. The molecular weight excluding hydrogens is 380 g/mol. The van der Waals surface area contributed by atoms with Gasteiger partial charge in [-0.15, -0.1) is 0 Å². The molecule has 3 aromatic heterocycles. The number of benzene rings is 1. The molecule has 8 nitrogen and oxygen atoms in total. The number of nitrogens with one attached hydrogen (secondary N) is 2. The number of rotatable bonds is 6. The molecule has 0 radical (unpaired) electrons. The fraction of sp³-hybridized carbons (Fsp3) is 0.136. The second-order valence-electron chi connectivity index (χ2n) is 6.74. The monoisotopic (exact) mass is 400 g/mol. The van der Waals surface area contributed by atoms with Crippen molar-refractivity contribution in [2.75, 3.05) is 6.61 Å². The van der Waals surface area contributed by atoms with Crippen LogP contribution in [0.1, 0.15) is 27.7 Å². The number of aryl methyl sites for hydroxylation is 1. The standard InChI is InChI=1S/C22H20N6O2/c1-14-10-26-21(18-12-23-7-8-24-18)28-20(14)16-9-17(25-11-16)22(30)27-19(13-29)15-5-3-2-4-6-15/h2-12,19,25,29H,13H2,1H3,(H,27,30)/t19-/m1/s1. The summed E-state index contributed by atoms with van der Waals surface area (Å²) in [6, 6.07) is 10.6. The van der Waals surface area contributed by atoms with Crippen LogP contribution in [0.2, 0.25) is 0 Å². The molecule has 4 aromatic rings. The van der Waals surface area contributed by atoms with Crippen LogP contribution in [0.4, 0.5) is 0 Å². The number of hydrogen-bond donors (Lipinski definition) is 3. The molecule has 0 spiro atoms. The Balaban J connectivity index is 1.57. The minimum absolute atomic E-state index is 0.199. The van der Waals surface area contributed by atoms with Crippen molar-refractivity contribution in [2.45, 2.75) is 13.0 Å². The van der Waals surface area contributed by atoms with Gasteiger partial charge in [0, 0.05) is 30.4 Å². The summed E-state index contributed by atoms with van der Waals surface area (Å²) in [6.07, 6.45) is 8.21. The summed E-state index contributed by atoms with van der Waals surface area (Å²) in [6.45, 7) is 1.70. The predicted octanol–water partition coefficient (Wildman–Crippen LogP) is 2.70. The molecule has 0 unspecified atom stereocenters. The molecule has 0 saturated carbocycles. The fourth-order valence-corrected chi connectivity index (χ4v) is 3.09. The summed E-state index contributed by atoms with van der Waals surface area (Å²) in [7, 11) is 0. The molecule has 0 fully saturated rings. The van der Waals surface area contributed by atoms with Crippen LogP contribution < -0.4 is 5.32 Å². The number of aliphatic hydroxyl groups excluding tert-OH is 1. The molecule has 0 saturated heterocycles. The lowest BCUT2D eigenvalue weighted by atomic mass is 10.1. The Morgan fingerprint density at radius 2 is 2.00 bits per heavy atom. The molecule has 1 aromatic carbocycles. The molecule has 4 rings (SSSR count). The second kappa shape index (κ2) is 8.62. The zero-order chi connectivity index (χ0) is 20.9. The Bertz CT molecular complexity index is 1140. The van der Waals surface area contributed by atoms with Crippen molar-refractivity contribution in [3.63, 3.8) is 0 Å². The first-order valence-electron chi connectivity index (χ1n) is 9.41. The van der Waals surface area contributed by atoms with Crippen LogP contribution in [-0.4, -0.2) is 42.5 Å². The highest BCUT2D eigenvalue weighted by atomic mass is 16.3. The van der Waals surface area contributed by atoms with Crippen LogP contribution in [0.3, 0.4) is 0 Å². The minimum atomic E-state index is -0.491. The number of carbonyl (C=O) groups is 1. The molecule has 150 valence electrons. The van der Waals surface area contributed by atoms with Crippen LogP contribution in [-0.2, 0) is 0 Å². The quantitative estimate of drug-likeness (QED) is 0.458. The Morgan fingerprint density at radius 3 is 2.73 bits per heavy atom. The highest BCUT2D eigenvalue weighted by molar-refractivity contribution is 5.94. The maximum Gasteiger partial charge on any atom is 0.268 e. The number of hydrogen-bond acceptors (Lipinski definition) is 6. The van der Waals surface area contributed by atoms with Gasteiger partial charge in [-0.25, -0.2) is 15.0 Å². The zero-order valence-corrected chi connectivity index (χ0v) is 16.3. The topological polar surface area (TPSA) is 117 Å². The fourth-order valence-electron chi connectivity index (χ4n) is 3.09. The summed E-state index contributed by atoms with van der Waals surface area (Å²) in [5.41, 5.74) is 4.10. The lowest BCUT2D eigenvalue weighted by Crippen LogP contribution is -2.30. The summed E-state index contributed by atoms with van der Waals surface area (Å²) >= 11 is 0. The van der Waals surface area contributed by atoms with Gasteiger partial charge in [0.2, 0.25) is 0 Å². The number of amides is 1. The highest BCUT2D eigenvalue weighted by Crippen LogP contribution is 2.24. The van der Waals surface area contributed by atoms with Gasteiger partial charge in [0.25, 0.3) is 5.91 Å². The second-order valence-corrected chi connectivity index (χ2v) is 6.74. The van der Waals surface area contributed by atoms with Crippen molar-refractivity contribution in [1.82, 2.24) is 30.2 Å². The van der Waals surface area contributed by atoms with Crippen LogP contribution in [0.5, 0.6) is 0 Å². The van der Waals surface area contributed by atoms with Gasteiger partial charge in [-0.2, -0.15) is 0 Å². The third-order valence-electron chi connectivity index (χ3n) is 4.65. The van der Waals surface area contributed by atoms with Crippen molar-refractivity contribution >= 4 is 5.91 Å². The van der Waals surface area contributed by atoms with Gasteiger partial charge in [-0.3, -0.25) is 9.78 Å². The van der Waals surface area contributed by atoms with Gasteiger partial charge in [-0.05, 0) is 24.1 Å². The van der Waals surface area contributed by atoms with Gasteiger partial charge in [0.15, 0.2) is 5.82 Å². The number of carbonyl (C=O) groups excluding carboxylic acids is 1. The SMILES string of the molecule is Cc1cnc(-c2cnccn2)nc1-c1c[nH]c(C(=O)N[C@H](CO)c2ccccc2)c1. The summed E-state index contributed by atoms with van der Waals surface area (Å²) in [5.74, 6) is 0.144. The minimum Gasteiger partial charge on any atom is -0.394 e. The van der Waals surface area contributed by atoms with Crippen molar-refractivity contribution in [3.05, 3.63) is 84.2 Å². The Kier molecular flexibility index (Phi) is 5.58. The van der Waals surface area contributed by atoms with E-state index in [9.17, 15) is 9.90 Å². The number of aliphatic hydroxyl groups is 1. The number of nitrogens with zero attached hydrogens (tertiary/aromatic N) is 4. The van der Waals surface area contributed by atoms with Crippen LogP contribution >= 0.6 is 0 Å².